The SMILES string of the molecule is O=C(O)CN1CCN(CC(=O)O)CCN(CC(=O)NCCOCCOCCOCCOCCOCCOCCC(=O)NCCCCC(NC(=O)c2cccc3ccccc23)C(=O)Nc2cccc3c(C(=O)NCC(=O)N4CC(F)(F)CC4NS(=O)(=O)F)ccnc23)CCN(CC(=O)O)CC1. The number of para-hydroxylation sites is 1. The molecule has 36 heteroatoms. The van der Waals surface area contributed by atoms with E-state index in [0.29, 0.717) is 101 Å². The van der Waals surface area contributed by atoms with Gasteiger partial charge in [0.1, 0.15) is 12.2 Å². The number of ether oxygens (including phenoxy) is 6. The number of pyridine rings is 1. The van der Waals surface area contributed by atoms with Crippen molar-refractivity contribution < 1.29 is 108 Å². The van der Waals surface area contributed by atoms with Gasteiger partial charge in [0.2, 0.25) is 23.6 Å². The van der Waals surface area contributed by atoms with Crippen LogP contribution in [0.4, 0.5) is 18.4 Å². The van der Waals surface area contributed by atoms with Crippen LogP contribution in [0.25, 0.3) is 21.7 Å². The second-order valence-electron chi connectivity index (χ2n) is 23.3. The summed E-state index contributed by atoms with van der Waals surface area (Å²) in [6, 6.07) is 17.2. The van der Waals surface area contributed by atoms with Crippen molar-refractivity contribution >= 4 is 91.1 Å². The Morgan fingerprint density at radius 2 is 1.05 bits per heavy atom. The normalized spacial score (nSPS) is 16.3. The summed E-state index contributed by atoms with van der Waals surface area (Å²) in [5.41, 5.74) is 0.590. The van der Waals surface area contributed by atoms with E-state index in [1.807, 2.05) is 23.1 Å². The van der Waals surface area contributed by atoms with Crippen LogP contribution in [0.1, 0.15) is 52.8 Å². The summed E-state index contributed by atoms with van der Waals surface area (Å²) >= 11 is 0. The Kier molecular flexibility index (Phi) is 34.6. The van der Waals surface area contributed by atoms with Gasteiger partial charge >= 0.3 is 28.3 Å². The number of hydrogen-bond donors (Lipinski definition) is 9. The van der Waals surface area contributed by atoms with Crippen molar-refractivity contribution in [2.24, 2.45) is 0 Å². The standard InChI is InChI=1S/C64H89F3N12O20S/c65-64(66)39-53(74-100(67,92)93)79(45-64)56(82)40-71-61(89)50-14-17-70-60-48(50)10-6-13-51(60)72-63(91)52(73-62(90)49-11-5-8-46-7-1-2-9-47(46)49)12-3-4-16-68-54(80)15-27-94-29-31-96-33-35-98-37-38-99-36-34-97-32-30-95-28-18-69-55(81)41-75-19-21-76(42-57(83)84)23-25-78(44-59(87)88)26-24-77(22-20-75)43-58(85)86/h1-2,5-11,13-14,17,52-53,74H,3-4,12,15-16,18-45H2,(H,68,80)(H,69,81)(H,71,89)(H,72,91)(H,73,90)(H,83,84)(H,85,86)(H,87,88). The van der Waals surface area contributed by atoms with Crippen molar-refractivity contribution in [1.82, 2.24) is 55.5 Å². The molecule has 6 rings (SSSR count). The number of anilines is 1. The van der Waals surface area contributed by atoms with E-state index in [-0.39, 0.29) is 145 Å². The first-order valence-electron chi connectivity index (χ1n) is 32.6. The second kappa shape index (κ2) is 42.8. The van der Waals surface area contributed by atoms with Crippen LogP contribution in [-0.2, 0) is 72.4 Å². The first-order valence-corrected chi connectivity index (χ1v) is 34.0. The van der Waals surface area contributed by atoms with E-state index >= 15 is 0 Å². The van der Waals surface area contributed by atoms with E-state index in [2.05, 4.69) is 31.6 Å². The highest BCUT2D eigenvalue weighted by Crippen LogP contribution is 2.32. The summed E-state index contributed by atoms with van der Waals surface area (Å²) in [5, 5.41) is 43.6. The van der Waals surface area contributed by atoms with Gasteiger partial charge in [0.25, 0.3) is 17.7 Å². The van der Waals surface area contributed by atoms with E-state index < -0.39 is 89.6 Å². The van der Waals surface area contributed by atoms with Gasteiger partial charge in [-0.25, -0.2) is 8.78 Å². The van der Waals surface area contributed by atoms with Gasteiger partial charge < -0.3 is 75.2 Å². The molecule has 0 bridgehead atoms. The quantitative estimate of drug-likeness (QED) is 0.0211. The molecule has 4 aromatic rings. The minimum Gasteiger partial charge on any atom is -0.480 e. The number of amides is 6. The van der Waals surface area contributed by atoms with E-state index in [9.17, 15) is 79.6 Å². The van der Waals surface area contributed by atoms with E-state index in [0.717, 1.165) is 5.39 Å². The maximum absolute atomic E-state index is 14.2. The van der Waals surface area contributed by atoms with Crippen LogP contribution in [0.5, 0.6) is 0 Å². The number of unbranched alkanes of at least 4 members (excludes halogenated alkanes) is 1. The molecule has 100 heavy (non-hydrogen) atoms. The smallest absolute Gasteiger partial charge is 0.373 e. The van der Waals surface area contributed by atoms with Gasteiger partial charge in [-0.15, -0.1) is 0 Å². The molecule has 3 heterocycles. The molecule has 0 saturated carbocycles. The van der Waals surface area contributed by atoms with Gasteiger partial charge in [0.15, 0.2) is 0 Å². The molecule has 2 fully saturated rings. The highest BCUT2D eigenvalue weighted by atomic mass is 32.3. The number of nitrogens with one attached hydrogen (secondary N) is 6. The minimum atomic E-state index is -5.46. The van der Waals surface area contributed by atoms with Crippen molar-refractivity contribution in [3.63, 3.8) is 0 Å². The van der Waals surface area contributed by atoms with Gasteiger partial charge in [-0.1, -0.05) is 52.4 Å². The third-order valence-electron chi connectivity index (χ3n) is 15.7. The van der Waals surface area contributed by atoms with Gasteiger partial charge in [-0.2, -0.15) is 13.1 Å². The zero-order valence-electron chi connectivity index (χ0n) is 55.4. The summed E-state index contributed by atoms with van der Waals surface area (Å²) in [6.07, 6.45) is -0.775. The fourth-order valence-corrected chi connectivity index (χ4v) is 11.3. The Morgan fingerprint density at radius 3 is 1.61 bits per heavy atom. The number of carboxylic acids is 3. The molecule has 0 spiro atoms. The number of fused-ring (bicyclic) bond motifs is 2. The molecule has 32 nitrogen and oxygen atoms in total. The average Bonchev–Trinajstić information content (AvgIpc) is 1.57. The summed E-state index contributed by atoms with van der Waals surface area (Å²) in [5.74, 6) is -10.3. The fourth-order valence-electron chi connectivity index (χ4n) is 10.8. The largest absolute Gasteiger partial charge is 0.480 e. The summed E-state index contributed by atoms with van der Waals surface area (Å²) in [6.45, 7) is 3.35. The number of likely N-dealkylation sites (tertiary alicyclic amines) is 1. The van der Waals surface area contributed by atoms with Crippen LogP contribution in [-0.4, -0.2) is 309 Å². The maximum Gasteiger partial charge on any atom is 0.373 e. The Bertz CT molecular complexity index is 3420. The van der Waals surface area contributed by atoms with Crippen LogP contribution in [0, 0.1) is 0 Å². The van der Waals surface area contributed by atoms with Crippen LogP contribution in [0.15, 0.2) is 72.9 Å². The predicted octanol–water partition coefficient (Wildman–Crippen LogP) is 0.220. The number of rotatable bonds is 43. The molecule has 0 radical (unpaired) electrons. The number of carbonyl (C=O) groups is 9. The number of alkyl halides is 2. The Hall–Kier alpha value is -8.14. The highest BCUT2D eigenvalue weighted by molar-refractivity contribution is 7.84. The molecule has 2 unspecified atom stereocenters. The number of aliphatic carboxylic acids is 3. The molecular weight excluding hydrogens is 1350 g/mol. The lowest BCUT2D eigenvalue weighted by atomic mass is 10.0. The lowest BCUT2D eigenvalue weighted by Gasteiger charge is -2.32. The Labute approximate surface area is 576 Å². The van der Waals surface area contributed by atoms with Crippen LogP contribution in [0.3, 0.4) is 0 Å². The van der Waals surface area contributed by atoms with E-state index in [1.165, 1.54) is 35.2 Å². The lowest BCUT2D eigenvalue weighted by molar-refractivity contribution is -0.140. The first-order chi connectivity index (χ1) is 47.9. The molecule has 552 valence electrons. The topological polar surface area (TPSA) is 405 Å². The van der Waals surface area contributed by atoms with Crippen LogP contribution in [0.2, 0.25) is 0 Å². The van der Waals surface area contributed by atoms with E-state index in [1.54, 1.807) is 39.0 Å². The highest BCUT2D eigenvalue weighted by Gasteiger charge is 2.48. The zero-order valence-corrected chi connectivity index (χ0v) is 56.2. The number of hydrogen-bond acceptors (Lipinski definition) is 22. The first kappa shape index (κ1) is 80.8. The third kappa shape index (κ3) is 30.4. The number of aromatic nitrogens is 1. The Morgan fingerprint density at radius 1 is 0.560 bits per heavy atom. The Balaban J connectivity index is 0.796. The van der Waals surface area contributed by atoms with Crippen molar-refractivity contribution in [3.05, 3.63) is 84.1 Å². The molecule has 9 N–H and O–H groups in total. The van der Waals surface area contributed by atoms with Gasteiger partial charge in [-0.05, 0) is 48.2 Å². The summed E-state index contributed by atoms with van der Waals surface area (Å²) in [4.78, 5) is 126. The minimum absolute atomic E-state index is 0.00796. The van der Waals surface area contributed by atoms with Gasteiger partial charge in [0, 0.05) is 95.4 Å². The van der Waals surface area contributed by atoms with E-state index in [4.69, 9.17) is 28.4 Å². The monoisotopic (exact) mass is 1430 g/mol. The van der Waals surface area contributed by atoms with Crippen LogP contribution >= 0.6 is 0 Å². The number of benzene rings is 3. The molecule has 1 aromatic heterocycles. The maximum atomic E-state index is 14.2. The number of carboxylic acid groups (broad SMARTS) is 3. The molecule has 6 amide bonds. The van der Waals surface area contributed by atoms with Crippen molar-refractivity contribution in [2.75, 3.05) is 189 Å². The van der Waals surface area contributed by atoms with Crippen molar-refractivity contribution in [3.8, 4) is 0 Å². The molecule has 3 aromatic carbocycles. The molecule has 2 atom stereocenters. The summed E-state index contributed by atoms with van der Waals surface area (Å²) < 4.78 is 98.7. The molecule has 0 aliphatic carbocycles. The lowest BCUT2D eigenvalue weighted by Crippen LogP contribution is -2.50. The fraction of sp³-hybridized carbons (Fsp3) is 0.562. The third-order valence-corrected chi connectivity index (χ3v) is 16.3. The van der Waals surface area contributed by atoms with Gasteiger partial charge in [-0.3, -0.25) is 67.7 Å². The van der Waals surface area contributed by atoms with Crippen molar-refractivity contribution in [2.45, 2.75) is 50.2 Å². The van der Waals surface area contributed by atoms with Gasteiger partial charge in [0.05, 0.1) is 135 Å². The number of carbonyl (C=O) groups excluding carboxylic acids is 6. The molecule has 2 saturated heterocycles. The zero-order chi connectivity index (χ0) is 72.3. The number of nitrogens with zero attached hydrogens (tertiary/aromatic N) is 6. The molecular formula is C64H89F3N12O20S. The van der Waals surface area contributed by atoms with Crippen LogP contribution < -0.4 is 31.3 Å². The molecule has 2 aliphatic rings. The second-order valence-corrected chi connectivity index (χ2v) is 24.5. The summed E-state index contributed by atoms with van der Waals surface area (Å²) in [7, 11) is -5.46. The average molecular weight is 1440 g/mol. The molecule has 2 aliphatic heterocycles. The van der Waals surface area contributed by atoms with Crippen molar-refractivity contribution in [1.29, 1.82) is 0 Å². The number of halogens is 3. The predicted molar refractivity (Wildman–Crippen MR) is 354 cm³/mol.